The van der Waals surface area contributed by atoms with Crippen LogP contribution in [-0.4, -0.2) is 30.9 Å². The molecule has 0 aliphatic carbocycles. The van der Waals surface area contributed by atoms with Crippen molar-refractivity contribution in [2.75, 3.05) is 18.4 Å². The van der Waals surface area contributed by atoms with Gasteiger partial charge in [0.15, 0.2) is 0 Å². The second-order valence-corrected chi connectivity index (χ2v) is 5.28. The first-order chi connectivity index (χ1) is 10.4. The Morgan fingerprint density at radius 2 is 1.91 bits per heavy atom. The highest BCUT2D eigenvalue weighted by molar-refractivity contribution is 5.97. The number of nitrogens with one attached hydrogen (secondary N) is 3. The number of rotatable bonds is 7. The number of amides is 4. The molecular weight excluding hydrogens is 284 g/mol. The van der Waals surface area contributed by atoms with Gasteiger partial charge in [-0.05, 0) is 24.1 Å². The molecule has 0 spiro atoms. The molecule has 0 fully saturated rings. The molecule has 1 rings (SSSR count). The van der Waals surface area contributed by atoms with Crippen molar-refractivity contribution >= 4 is 23.5 Å². The molecule has 0 aliphatic heterocycles. The predicted octanol–water partition coefficient (Wildman–Crippen LogP) is 1.07. The Hall–Kier alpha value is -2.57. The van der Waals surface area contributed by atoms with Crippen LogP contribution in [0.25, 0.3) is 0 Å². The van der Waals surface area contributed by atoms with Crippen molar-refractivity contribution in [1.82, 2.24) is 10.6 Å². The van der Waals surface area contributed by atoms with Gasteiger partial charge in [-0.2, -0.15) is 0 Å². The number of hydrogen-bond acceptors (Lipinski definition) is 3. The van der Waals surface area contributed by atoms with Crippen molar-refractivity contribution in [1.29, 1.82) is 0 Å². The summed E-state index contributed by atoms with van der Waals surface area (Å²) in [5.74, 6) is -0.446. The Bertz CT molecular complexity index is 543. The summed E-state index contributed by atoms with van der Waals surface area (Å²) in [6.45, 7) is 4.74. The van der Waals surface area contributed by atoms with Gasteiger partial charge in [-0.1, -0.05) is 19.9 Å². The highest BCUT2D eigenvalue weighted by Gasteiger charge is 2.08. The minimum Gasteiger partial charge on any atom is -0.370 e. The molecule has 0 radical (unpaired) electrons. The lowest BCUT2D eigenvalue weighted by atomic mass is 10.2. The number of urea groups is 1. The third kappa shape index (κ3) is 6.74. The van der Waals surface area contributed by atoms with E-state index in [9.17, 15) is 14.4 Å². The third-order valence-corrected chi connectivity index (χ3v) is 2.71. The molecule has 5 N–H and O–H groups in total. The molecule has 0 saturated carbocycles. The summed E-state index contributed by atoms with van der Waals surface area (Å²) < 4.78 is 0. The number of primary amides is 1. The van der Waals surface area contributed by atoms with Gasteiger partial charge in [-0.15, -0.1) is 0 Å². The topological polar surface area (TPSA) is 113 Å². The van der Waals surface area contributed by atoms with Crippen LogP contribution in [0.4, 0.5) is 10.5 Å². The molecular formula is C15H22N4O3. The Balaban J connectivity index is 2.56. The monoisotopic (exact) mass is 306 g/mol. The molecule has 0 bridgehead atoms. The quantitative estimate of drug-likeness (QED) is 0.604. The molecule has 0 aromatic heterocycles. The molecule has 0 aliphatic rings. The Morgan fingerprint density at radius 3 is 2.55 bits per heavy atom. The number of benzene rings is 1. The lowest BCUT2D eigenvalue weighted by Gasteiger charge is -2.10. The molecule has 7 heteroatoms. The van der Waals surface area contributed by atoms with Crippen LogP contribution in [0.1, 0.15) is 30.6 Å². The Kier molecular flexibility index (Phi) is 6.88. The second-order valence-electron chi connectivity index (χ2n) is 5.28. The summed E-state index contributed by atoms with van der Waals surface area (Å²) in [4.78, 5) is 34.2. The van der Waals surface area contributed by atoms with E-state index < -0.39 is 5.91 Å². The van der Waals surface area contributed by atoms with E-state index in [1.165, 1.54) is 0 Å². The van der Waals surface area contributed by atoms with E-state index in [2.05, 4.69) is 16.0 Å². The van der Waals surface area contributed by atoms with Gasteiger partial charge in [-0.25, -0.2) is 4.79 Å². The van der Waals surface area contributed by atoms with Gasteiger partial charge in [0.25, 0.3) is 5.91 Å². The van der Waals surface area contributed by atoms with Crippen molar-refractivity contribution in [3.8, 4) is 0 Å². The van der Waals surface area contributed by atoms with E-state index in [4.69, 9.17) is 5.73 Å². The summed E-state index contributed by atoms with van der Waals surface area (Å²) in [5.41, 5.74) is 5.91. The molecule has 7 nitrogen and oxygen atoms in total. The van der Waals surface area contributed by atoms with Gasteiger partial charge in [-0.3, -0.25) is 9.59 Å². The molecule has 0 saturated heterocycles. The number of anilines is 1. The van der Waals surface area contributed by atoms with E-state index >= 15 is 0 Å². The summed E-state index contributed by atoms with van der Waals surface area (Å²) in [6.07, 6.45) is 0.0846. The number of nitrogens with two attached hydrogens (primary N) is 1. The van der Waals surface area contributed by atoms with Gasteiger partial charge < -0.3 is 21.7 Å². The van der Waals surface area contributed by atoms with E-state index in [0.717, 1.165) is 0 Å². The zero-order valence-corrected chi connectivity index (χ0v) is 12.8. The number of hydrogen-bond donors (Lipinski definition) is 4. The van der Waals surface area contributed by atoms with Crippen LogP contribution < -0.4 is 21.7 Å². The number of carbonyl (C=O) groups excluding carboxylic acids is 3. The average molecular weight is 306 g/mol. The van der Waals surface area contributed by atoms with Gasteiger partial charge in [0.05, 0.1) is 0 Å². The van der Waals surface area contributed by atoms with Crippen LogP contribution in [0.15, 0.2) is 24.3 Å². The fourth-order valence-corrected chi connectivity index (χ4v) is 1.61. The maximum atomic E-state index is 11.9. The highest BCUT2D eigenvalue weighted by atomic mass is 16.2. The fraction of sp³-hybridized carbons (Fsp3) is 0.400. The summed E-state index contributed by atoms with van der Waals surface area (Å²) in [7, 11) is 0. The summed E-state index contributed by atoms with van der Waals surface area (Å²) in [6, 6.07) is 6.22. The standard InChI is InChI=1S/C15H22N4O3/c1-10(2)9-18-15(22)19-12-5-3-4-11(8-12)14(21)17-7-6-13(16)20/h3-5,8,10H,6-7,9H2,1-2H3,(H2,16,20)(H,17,21)(H2,18,19,22). The predicted molar refractivity (Wildman–Crippen MR) is 84.4 cm³/mol. The minimum absolute atomic E-state index is 0.0846. The van der Waals surface area contributed by atoms with Gasteiger partial charge in [0.2, 0.25) is 5.91 Å². The fourth-order valence-electron chi connectivity index (χ4n) is 1.61. The first kappa shape index (κ1) is 17.5. The van der Waals surface area contributed by atoms with E-state index in [-0.39, 0.29) is 24.9 Å². The first-order valence-corrected chi connectivity index (χ1v) is 7.10. The molecule has 0 atom stereocenters. The van der Waals surface area contributed by atoms with Gasteiger partial charge in [0.1, 0.15) is 0 Å². The highest BCUT2D eigenvalue weighted by Crippen LogP contribution is 2.10. The average Bonchev–Trinajstić information content (AvgIpc) is 2.45. The lowest BCUT2D eigenvalue weighted by molar-refractivity contribution is -0.117. The van der Waals surface area contributed by atoms with Crippen molar-refractivity contribution < 1.29 is 14.4 Å². The summed E-state index contributed by atoms with van der Waals surface area (Å²) >= 11 is 0. The zero-order valence-electron chi connectivity index (χ0n) is 12.8. The van der Waals surface area contributed by atoms with Crippen LogP contribution in [0.2, 0.25) is 0 Å². The van der Waals surface area contributed by atoms with E-state index in [0.29, 0.717) is 23.7 Å². The second kappa shape index (κ2) is 8.66. The molecule has 1 aromatic carbocycles. The zero-order chi connectivity index (χ0) is 16.5. The Morgan fingerprint density at radius 1 is 1.18 bits per heavy atom. The minimum atomic E-state index is -0.474. The van der Waals surface area contributed by atoms with Crippen LogP contribution in [0, 0.1) is 5.92 Å². The molecule has 0 unspecified atom stereocenters. The molecule has 1 aromatic rings. The SMILES string of the molecule is CC(C)CNC(=O)Nc1cccc(C(=O)NCCC(N)=O)c1. The van der Waals surface area contributed by atoms with Crippen LogP contribution in [-0.2, 0) is 4.79 Å². The van der Waals surface area contributed by atoms with Crippen molar-refractivity contribution in [3.63, 3.8) is 0 Å². The van der Waals surface area contributed by atoms with E-state index in [1.54, 1.807) is 24.3 Å². The van der Waals surface area contributed by atoms with Crippen LogP contribution in [0.3, 0.4) is 0 Å². The smallest absolute Gasteiger partial charge is 0.319 e. The molecule has 120 valence electrons. The largest absolute Gasteiger partial charge is 0.370 e. The van der Waals surface area contributed by atoms with Crippen molar-refractivity contribution in [3.05, 3.63) is 29.8 Å². The van der Waals surface area contributed by atoms with E-state index in [1.807, 2.05) is 13.8 Å². The maximum Gasteiger partial charge on any atom is 0.319 e. The maximum absolute atomic E-state index is 11.9. The summed E-state index contributed by atoms with van der Waals surface area (Å²) in [5, 5.41) is 7.97. The van der Waals surface area contributed by atoms with Crippen LogP contribution in [0.5, 0.6) is 0 Å². The Labute approximate surface area is 129 Å². The van der Waals surface area contributed by atoms with Crippen molar-refractivity contribution in [2.24, 2.45) is 11.7 Å². The van der Waals surface area contributed by atoms with Gasteiger partial charge >= 0.3 is 6.03 Å². The molecule has 0 heterocycles. The lowest BCUT2D eigenvalue weighted by Crippen LogP contribution is -2.32. The van der Waals surface area contributed by atoms with Crippen LogP contribution >= 0.6 is 0 Å². The normalized spacial score (nSPS) is 10.1. The molecule has 22 heavy (non-hydrogen) atoms. The van der Waals surface area contributed by atoms with Crippen molar-refractivity contribution in [2.45, 2.75) is 20.3 Å². The number of carbonyl (C=O) groups is 3. The van der Waals surface area contributed by atoms with Gasteiger partial charge in [0, 0.05) is 30.8 Å². The first-order valence-electron chi connectivity index (χ1n) is 7.10. The third-order valence-electron chi connectivity index (χ3n) is 2.71. The molecule has 4 amide bonds.